The molecular formula is C19H26N4O4. The maximum absolute atomic E-state index is 11.9. The number of nitrogens with zero attached hydrogens (tertiary/aromatic N) is 4. The molecule has 0 N–H and O–H groups in total. The first kappa shape index (κ1) is 20.6. The summed E-state index contributed by atoms with van der Waals surface area (Å²) in [5.74, 6) is 0.109. The highest BCUT2D eigenvalue weighted by atomic mass is 16.5. The molecule has 0 atom stereocenters. The monoisotopic (exact) mass is 374 g/mol. The number of aromatic nitrogens is 3. The lowest BCUT2D eigenvalue weighted by Gasteiger charge is -2.28. The highest BCUT2D eigenvalue weighted by Gasteiger charge is 2.18. The molecule has 1 aliphatic rings. The van der Waals surface area contributed by atoms with Crippen LogP contribution in [0.15, 0.2) is 30.5 Å². The van der Waals surface area contributed by atoms with Crippen molar-refractivity contribution in [3.63, 3.8) is 0 Å². The molecule has 1 fully saturated rings. The minimum atomic E-state index is -0.522. The Morgan fingerprint density at radius 2 is 2.00 bits per heavy atom. The zero-order chi connectivity index (χ0) is 19.5. The quantitative estimate of drug-likeness (QED) is 0.711. The van der Waals surface area contributed by atoms with Gasteiger partial charge in [0.05, 0.1) is 26.9 Å². The second-order valence-electron chi connectivity index (χ2n) is 5.40. The van der Waals surface area contributed by atoms with Crippen LogP contribution in [0.5, 0.6) is 6.01 Å². The van der Waals surface area contributed by atoms with E-state index < -0.39 is 5.97 Å². The standard InChI is InChI=1S/C17H20N4O4.C2H6/c1-23-16(22)14-12-15(21-7-10-24-11-8-21)20-17(19-14)25-9-5-13-4-2-3-6-18-13;1-2/h2-4,6,12H,5,7-11H2,1H3;1-2H3. The van der Waals surface area contributed by atoms with E-state index in [0.29, 0.717) is 45.1 Å². The van der Waals surface area contributed by atoms with Crippen LogP contribution in [0.1, 0.15) is 30.0 Å². The van der Waals surface area contributed by atoms with Gasteiger partial charge in [0.2, 0.25) is 0 Å². The molecule has 27 heavy (non-hydrogen) atoms. The Balaban J connectivity index is 0.00000126. The van der Waals surface area contributed by atoms with Crippen molar-refractivity contribution in [3.05, 3.63) is 41.9 Å². The van der Waals surface area contributed by atoms with Crippen LogP contribution in [0.2, 0.25) is 0 Å². The minimum Gasteiger partial charge on any atom is -0.464 e. The van der Waals surface area contributed by atoms with Crippen LogP contribution in [0.25, 0.3) is 0 Å². The summed E-state index contributed by atoms with van der Waals surface area (Å²) in [6, 6.07) is 7.48. The second-order valence-corrected chi connectivity index (χ2v) is 5.40. The third kappa shape index (κ3) is 6.18. The van der Waals surface area contributed by atoms with E-state index in [-0.39, 0.29) is 11.7 Å². The molecule has 0 radical (unpaired) electrons. The topological polar surface area (TPSA) is 86.7 Å². The molecule has 8 nitrogen and oxygen atoms in total. The number of hydrogen-bond acceptors (Lipinski definition) is 8. The molecular weight excluding hydrogens is 348 g/mol. The van der Waals surface area contributed by atoms with Gasteiger partial charge in [-0.2, -0.15) is 9.97 Å². The van der Waals surface area contributed by atoms with Crippen LogP contribution in [0, 0.1) is 0 Å². The molecule has 3 heterocycles. The van der Waals surface area contributed by atoms with Crippen molar-refractivity contribution < 1.29 is 19.0 Å². The van der Waals surface area contributed by atoms with E-state index in [1.54, 1.807) is 12.3 Å². The van der Waals surface area contributed by atoms with Gasteiger partial charge in [-0.3, -0.25) is 4.98 Å². The highest BCUT2D eigenvalue weighted by Crippen LogP contribution is 2.18. The maximum Gasteiger partial charge on any atom is 0.356 e. The fourth-order valence-electron chi connectivity index (χ4n) is 2.43. The number of pyridine rings is 1. The van der Waals surface area contributed by atoms with Gasteiger partial charge in [0.15, 0.2) is 5.69 Å². The van der Waals surface area contributed by atoms with Crippen molar-refractivity contribution >= 4 is 11.8 Å². The first-order valence-corrected chi connectivity index (χ1v) is 9.09. The molecule has 0 saturated carbocycles. The normalized spacial score (nSPS) is 13.4. The summed E-state index contributed by atoms with van der Waals surface area (Å²) >= 11 is 0. The van der Waals surface area contributed by atoms with Crippen molar-refractivity contribution in [2.24, 2.45) is 0 Å². The van der Waals surface area contributed by atoms with Crippen LogP contribution in [-0.2, 0) is 15.9 Å². The van der Waals surface area contributed by atoms with E-state index in [9.17, 15) is 4.79 Å². The second kappa shape index (κ2) is 11.1. The molecule has 0 aliphatic carbocycles. The summed E-state index contributed by atoms with van der Waals surface area (Å²) in [6.07, 6.45) is 2.36. The summed E-state index contributed by atoms with van der Waals surface area (Å²) in [4.78, 5) is 26.7. The van der Waals surface area contributed by atoms with Gasteiger partial charge in [-0.25, -0.2) is 4.79 Å². The fraction of sp³-hybridized carbons (Fsp3) is 0.474. The average molecular weight is 374 g/mol. The van der Waals surface area contributed by atoms with Crippen molar-refractivity contribution in [2.75, 3.05) is 44.9 Å². The van der Waals surface area contributed by atoms with Gasteiger partial charge in [-0.15, -0.1) is 0 Å². The third-order valence-corrected chi connectivity index (χ3v) is 3.74. The number of methoxy groups -OCH3 is 1. The van der Waals surface area contributed by atoms with Gasteiger partial charge in [0.25, 0.3) is 0 Å². The van der Waals surface area contributed by atoms with Crippen molar-refractivity contribution in [1.29, 1.82) is 0 Å². The molecule has 2 aromatic rings. The predicted molar refractivity (Wildman–Crippen MR) is 101 cm³/mol. The first-order chi connectivity index (χ1) is 13.3. The molecule has 0 aromatic carbocycles. The average Bonchev–Trinajstić information content (AvgIpc) is 2.76. The van der Waals surface area contributed by atoms with Crippen LogP contribution in [0.4, 0.5) is 5.82 Å². The van der Waals surface area contributed by atoms with Crippen LogP contribution in [0.3, 0.4) is 0 Å². The van der Waals surface area contributed by atoms with Gasteiger partial charge in [0, 0.05) is 37.5 Å². The Bertz CT molecular complexity index is 706. The Morgan fingerprint density at radius 1 is 1.22 bits per heavy atom. The highest BCUT2D eigenvalue weighted by molar-refractivity contribution is 5.88. The zero-order valence-corrected chi connectivity index (χ0v) is 16.1. The van der Waals surface area contributed by atoms with E-state index in [1.165, 1.54) is 7.11 Å². The van der Waals surface area contributed by atoms with Crippen LogP contribution < -0.4 is 9.64 Å². The van der Waals surface area contributed by atoms with E-state index in [1.807, 2.05) is 36.9 Å². The molecule has 0 bridgehead atoms. The summed E-state index contributed by atoms with van der Waals surface area (Å²) in [6.45, 7) is 7.00. The molecule has 2 aromatic heterocycles. The molecule has 3 rings (SSSR count). The Labute approximate surface area is 159 Å². The predicted octanol–water partition coefficient (Wildman–Crippen LogP) is 2.14. The molecule has 0 spiro atoms. The smallest absolute Gasteiger partial charge is 0.356 e. The first-order valence-electron chi connectivity index (χ1n) is 9.09. The minimum absolute atomic E-state index is 0.153. The SMILES string of the molecule is CC.COC(=O)c1cc(N2CCOCC2)nc(OCCc2ccccn2)n1. The zero-order valence-electron chi connectivity index (χ0n) is 16.1. The summed E-state index contributed by atoms with van der Waals surface area (Å²) in [7, 11) is 1.32. The van der Waals surface area contributed by atoms with Gasteiger partial charge < -0.3 is 19.1 Å². The molecule has 0 amide bonds. The van der Waals surface area contributed by atoms with Gasteiger partial charge in [-0.05, 0) is 12.1 Å². The van der Waals surface area contributed by atoms with Crippen molar-refractivity contribution in [1.82, 2.24) is 15.0 Å². The number of carbonyl (C=O) groups is 1. The van der Waals surface area contributed by atoms with Crippen LogP contribution in [-0.4, -0.2) is 60.9 Å². The number of anilines is 1. The Hall–Kier alpha value is -2.74. The van der Waals surface area contributed by atoms with Gasteiger partial charge in [0.1, 0.15) is 5.82 Å². The molecule has 1 aliphatic heterocycles. The number of hydrogen-bond donors (Lipinski definition) is 0. The van der Waals surface area contributed by atoms with E-state index >= 15 is 0 Å². The fourth-order valence-corrected chi connectivity index (χ4v) is 2.43. The van der Waals surface area contributed by atoms with E-state index in [4.69, 9.17) is 14.2 Å². The Kier molecular flexibility index (Phi) is 8.44. The summed E-state index contributed by atoms with van der Waals surface area (Å²) < 4.78 is 15.8. The molecule has 0 unspecified atom stereocenters. The largest absolute Gasteiger partial charge is 0.464 e. The van der Waals surface area contributed by atoms with Crippen molar-refractivity contribution in [3.8, 4) is 6.01 Å². The number of morpholine rings is 1. The summed E-state index contributed by atoms with van der Waals surface area (Å²) in [5.41, 5.74) is 1.09. The molecule has 8 heteroatoms. The van der Waals surface area contributed by atoms with Crippen molar-refractivity contribution in [2.45, 2.75) is 20.3 Å². The van der Waals surface area contributed by atoms with Gasteiger partial charge in [-0.1, -0.05) is 19.9 Å². The van der Waals surface area contributed by atoms with E-state index in [0.717, 1.165) is 5.69 Å². The van der Waals surface area contributed by atoms with E-state index in [2.05, 4.69) is 15.0 Å². The number of rotatable bonds is 6. The number of esters is 1. The molecule has 146 valence electrons. The maximum atomic E-state index is 11.9. The van der Waals surface area contributed by atoms with Gasteiger partial charge >= 0.3 is 12.0 Å². The summed E-state index contributed by atoms with van der Waals surface area (Å²) in [5, 5.41) is 0. The lowest BCUT2D eigenvalue weighted by molar-refractivity contribution is 0.0592. The Morgan fingerprint density at radius 3 is 2.67 bits per heavy atom. The molecule has 1 saturated heterocycles. The van der Waals surface area contributed by atoms with Crippen LogP contribution >= 0.6 is 0 Å². The lowest BCUT2D eigenvalue weighted by Crippen LogP contribution is -2.37. The third-order valence-electron chi connectivity index (χ3n) is 3.74. The number of carbonyl (C=O) groups excluding carboxylic acids is 1. The number of ether oxygens (including phenoxy) is 3. The lowest BCUT2D eigenvalue weighted by atomic mass is 10.3.